The van der Waals surface area contributed by atoms with Gasteiger partial charge in [-0.15, -0.1) is 0 Å². The van der Waals surface area contributed by atoms with Gasteiger partial charge in [0, 0.05) is 0 Å². The Labute approximate surface area is 102 Å². The second kappa shape index (κ2) is 6.52. The maximum Gasteiger partial charge on any atom is 0.496 e. The smallest absolute Gasteiger partial charge is 0.496 e. The fourth-order valence-electron chi connectivity index (χ4n) is 1.77. The maximum absolute atomic E-state index is 9.31. The summed E-state index contributed by atoms with van der Waals surface area (Å²) in [6.45, 7) is 2.13. The third-order valence-corrected chi connectivity index (χ3v) is 2.68. The molecule has 0 bridgehead atoms. The number of methoxy groups -OCH3 is 2. The standard InChI is InChI=1S/C12H19BO4/c1-4-5-6-9-7-10(16-2)12(13(14)15)11(8-9)17-3/h7-8,14-15H,4-6H2,1-3H3. The normalized spacial score (nSPS) is 10.2. The highest BCUT2D eigenvalue weighted by atomic mass is 16.5. The van der Waals surface area contributed by atoms with Crippen molar-refractivity contribution in [3.63, 3.8) is 0 Å². The minimum atomic E-state index is -1.60. The third-order valence-electron chi connectivity index (χ3n) is 2.68. The molecule has 17 heavy (non-hydrogen) atoms. The average molecular weight is 238 g/mol. The summed E-state index contributed by atoms with van der Waals surface area (Å²) >= 11 is 0. The highest BCUT2D eigenvalue weighted by Gasteiger charge is 2.23. The van der Waals surface area contributed by atoms with Crippen molar-refractivity contribution >= 4 is 12.6 Å². The Morgan fingerprint density at radius 1 is 1.12 bits per heavy atom. The largest absolute Gasteiger partial charge is 0.497 e. The van der Waals surface area contributed by atoms with Crippen molar-refractivity contribution < 1.29 is 19.5 Å². The molecule has 2 N–H and O–H groups in total. The number of ether oxygens (including phenoxy) is 2. The predicted molar refractivity (Wildman–Crippen MR) is 68.0 cm³/mol. The minimum Gasteiger partial charge on any atom is -0.497 e. The first kappa shape index (κ1) is 13.9. The van der Waals surface area contributed by atoms with Gasteiger partial charge in [-0.05, 0) is 30.5 Å². The molecule has 0 amide bonds. The van der Waals surface area contributed by atoms with Crippen LogP contribution in [-0.4, -0.2) is 31.4 Å². The lowest BCUT2D eigenvalue weighted by molar-refractivity contribution is 0.384. The zero-order valence-electron chi connectivity index (χ0n) is 10.6. The van der Waals surface area contributed by atoms with Crippen LogP contribution in [-0.2, 0) is 6.42 Å². The van der Waals surface area contributed by atoms with Crippen molar-refractivity contribution in [2.24, 2.45) is 0 Å². The van der Waals surface area contributed by atoms with Crippen LogP contribution in [0.4, 0.5) is 0 Å². The lowest BCUT2D eigenvalue weighted by atomic mass is 9.78. The summed E-state index contributed by atoms with van der Waals surface area (Å²) in [6, 6.07) is 3.65. The van der Waals surface area contributed by atoms with Crippen LogP contribution in [0.5, 0.6) is 11.5 Å². The van der Waals surface area contributed by atoms with Crippen molar-refractivity contribution in [2.45, 2.75) is 26.2 Å². The number of benzene rings is 1. The summed E-state index contributed by atoms with van der Waals surface area (Å²) in [7, 11) is 1.41. The Bertz CT molecular complexity index is 341. The molecular formula is C12H19BO4. The van der Waals surface area contributed by atoms with E-state index in [-0.39, 0.29) is 5.46 Å². The van der Waals surface area contributed by atoms with E-state index in [9.17, 15) is 10.0 Å². The molecular weight excluding hydrogens is 219 g/mol. The van der Waals surface area contributed by atoms with Crippen molar-refractivity contribution in [3.8, 4) is 11.5 Å². The highest BCUT2D eigenvalue weighted by Crippen LogP contribution is 2.21. The van der Waals surface area contributed by atoms with Crippen molar-refractivity contribution in [3.05, 3.63) is 17.7 Å². The molecule has 0 heterocycles. The van der Waals surface area contributed by atoms with Crippen LogP contribution in [0.1, 0.15) is 25.3 Å². The molecule has 0 saturated heterocycles. The molecule has 0 radical (unpaired) electrons. The zero-order chi connectivity index (χ0) is 12.8. The number of aryl methyl sites for hydroxylation is 1. The van der Waals surface area contributed by atoms with E-state index in [1.807, 2.05) is 12.1 Å². The molecule has 1 aromatic carbocycles. The van der Waals surface area contributed by atoms with Gasteiger partial charge in [0.25, 0.3) is 0 Å². The Morgan fingerprint density at radius 2 is 1.65 bits per heavy atom. The lowest BCUT2D eigenvalue weighted by Gasteiger charge is -2.14. The van der Waals surface area contributed by atoms with Gasteiger partial charge in [0.05, 0.1) is 19.7 Å². The molecule has 94 valence electrons. The van der Waals surface area contributed by atoms with Crippen LogP contribution in [0.15, 0.2) is 12.1 Å². The second-order valence-electron chi connectivity index (χ2n) is 3.89. The topological polar surface area (TPSA) is 58.9 Å². The summed E-state index contributed by atoms with van der Waals surface area (Å²) in [5.41, 5.74) is 1.35. The number of rotatable bonds is 6. The molecule has 0 spiro atoms. The first-order valence-electron chi connectivity index (χ1n) is 5.75. The zero-order valence-corrected chi connectivity index (χ0v) is 10.6. The molecule has 0 unspecified atom stereocenters. The highest BCUT2D eigenvalue weighted by molar-refractivity contribution is 6.61. The van der Waals surface area contributed by atoms with Crippen LogP contribution in [0.2, 0.25) is 0 Å². The van der Waals surface area contributed by atoms with Crippen molar-refractivity contribution in [1.82, 2.24) is 0 Å². The molecule has 1 rings (SSSR count). The van der Waals surface area contributed by atoms with Gasteiger partial charge in [0.15, 0.2) is 0 Å². The average Bonchev–Trinajstić information content (AvgIpc) is 2.34. The van der Waals surface area contributed by atoms with E-state index in [4.69, 9.17) is 9.47 Å². The van der Waals surface area contributed by atoms with Gasteiger partial charge < -0.3 is 19.5 Å². The molecule has 0 fully saturated rings. The third kappa shape index (κ3) is 3.38. The summed E-state index contributed by atoms with van der Waals surface area (Å²) < 4.78 is 10.3. The summed E-state index contributed by atoms with van der Waals surface area (Å²) in [4.78, 5) is 0. The SMILES string of the molecule is CCCCc1cc(OC)c(B(O)O)c(OC)c1. The van der Waals surface area contributed by atoms with Gasteiger partial charge in [-0.1, -0.05) is 13.3 Å². The minimum absolute atomic E-state index is 0.273. The first-order valence-corrected chi connectivity index (χ1v) is 5.75. The lowest BCUT2D eigenvalue weighted by Crippen LogP contribution is -2.32. The van der Waals surface area contributed by atoms with E-state index in [0.29, 0.717) is 11.5 Å². The summed E-state index contributed by atoms with van der Waals surface area (Å²) in [5, 5.41) is 18.6. The van der Waals surface area contributed by atoms with Gasteiger partial charge in [-0.3, -0.25) is 0 Å². The van der Waals surface area contributed by atoms with Gasteiger partial charge in [-0.2, -0.15) is 0 Å². The Balaban J connectivity index is 3.14. The fraction of sp³-hybridized carbons (Fsp3) is 0.500. The molecule has 0 atom stereocenters. The molecule has 5 heteroatoms. The van der Waals surface area contributed by atoms with E-state index in [1.54, 1.807) is 0 Å². The van der Waals surface area contributed by atoms with Crippen LogP contribution in [0, 0.1) is 0 Å². The van der Waals surface area contributed by atoms with Gasteiger partial charge in [0.2, 0.25) is 0 Å². The quantitative estimate of drug-likeness (QED) is 0.717. The molecule has 0 aliphatic rings. The molecule has 0 saturated carbocycles. The van der Waals surface area contributed by atoms with E-state index >= 15 is 0 Å². The predicted octanol–water partition coefficient (Wildman–Crippen LogP) is 0.726. The van der Waals surface area contributed by atoms with E-state index in [2.05, 4.69) is 6.92 Å². The Hall–Kier alpha value is -1.20. The van der Waals surface area contributed by atoms with Gasteiger partial charge in [-0.25, -0.2) is 0 Å². The maximum atomic E-state index is 9.31. The first-order chi connectivity index (χ1) is 8.13. The fourth-order valence-corrected chi connectivity index (χ4v) is 1.77. The van der Waals surface area contributed by atoms with Crippen LogP contribution >= 0.6 is 0 Å². The monoisotopic (exact) mass is 238 g/mol. The van der Waals surface area contributed by atoms with Crippen LogP contribution in [0.3, 0.4) is 0 Å². The van der Waals surface area contributed by atoms with E-state index < -0.39 is 7.12 Å². The van der Waals surface area contributed by atoms with E-state index in [1.165, 1.54) is 14.2 Å². The summed E-state index contributed by atoms with van der Waals surface area (Å²) in [5.74, 6) is 0.899. The van der Waals surface area contributed by atoms with Crippen molar-refractivity contribution in [1.29, 1.82) is 0 Å². The number of hydrogen-bond donors (Lipinski definition) is 2. The molecule has 0 aromatic heterocycles. The Morgan fingerprint density at radius 3 is 2.00 bits per heavy atom. The second-order valence-corrected chi connectivity index (χ2v) is 3.89. The van der Waals surface area contributed by atoms with Crippen LogP contribution < -0.4 is 14.9 Å². The summed E-state index contributed by atoms with van der Waals surface area (Å²) in [6.07, 6.45) is 3.10. The van der Waals surface area contributed by atoms with E-state index in [0.717, 1.165) is 24.8 Å². The molecule has 0 aliphatic heterocycles. The number of unbranched alkanes of at least 4 members (excludes halogenated alkanes) is 1. The molecule has 1 aromatic rings. The number of hydrogen-bond acceptors (Lipinski definition) is 4. The molecule has 0 aliphatic carbocycles. The molecule has 4 nitrogen and oxygen atoms in total. The van der Waals surface area contributed by atoms with Crippen LogP contribution in [0.25, 0.3) is 0 Å². The van der Waals surface area contributed by atoms with Crippen molar-refractivity contribution in [2.75, 3.05) is 14.2 Å². The van der Waals surface area contributed by atoms with Gasteiger partial charge in [0.1, 0.15) is 11.5 Å². The van der Waals surface area contributed by atoms with Gasteiger partial charge >= 0.3 is 7.12 Å². The Kier molecular flexibility index (Phi) is 5.32.